The molecule has 0 aliphatic heterocycles. The zero-order valence-electron chi connectivity index (χ0n) is 52.1. The molecule has 0 bridgehead atoms. The van der Waals surface area contributed by atoms with E-state index in [1.807, 2.05) is 100 Å². The summed E-state index contributed by atoms with van der Waals surface area (Å²) in [4.78, 5) is 47.5. The number of halogens is 3. The third-order valence-corrected chi connectivity index (χ3v) is 14.9. The summed E-state index contributed by atoms with van der Waals surface area (Å²) in [7, 11) is 1.31. The number of hydrogen-bond acceptors (Lipinski definition) is 21. The molecular formula is C64H61Cl2FN16O9. The first-order valence-electron chi connectivity index (χ1n) is 28.6. The van der Waals surface area contributed by atoms with E-state index in [1.165, 1.54) is 19.2 Å². The summed E-state index contributed by atoms with van der Waals surface area (Å²) in [5, 5.41) is 61.0. The highest BCUT2D eigenvalue weighted by Crippen LogP contribution is 2.33. The van der Waals surface area contributed by atoms with E-state index in [-0.39, 0.29) is 55.0 Å². The van der Waals surface area contributed by atoms with Gasteiger partial charge in [-0.15, -0.1) is 40.8 Å². The van der Waals surface area contributed by atoms with Gasteiger partial charge in [-0.25, -0.2) is 41.6 Å². The summed E-state index contributed by atoms with van der Waals surface area (Å²) in [5.74, 6) is -2.38. The van der Waals surface area contributed by atoms with Gasteiger partial charge in [0.15, 0.2) is 45.4 Å². The van der Waals surface area contributed by atoms with Crippen LogP contribution < -0.4 is 0 Å². The number of carbonyl (C=O) groups excluding carboxylic acids is 4. The first-order valence-corrected chi connectivity index (χ1v) is 29.4. The number of aromatic nitrogens is 16. The Labute approximate surface area is 535 Å². The number of aliphatic hydroxyl groups excluding tert-OH is 1. The maximum atomic E-state index is 13.1. The molecule has 0 saturated carbocycles. The second-order valence-electron chi connectivity index (χ2n) is 20.3. The van der Waals surface area contributed by atoms with Gasteiger partial charge in [-0.1, -0.05) is 83.9 Å². The molecule has 0 spiro atoms. The van der Waals surface area contributed by atoms with E-state index in [9.17, 15) is 23.6 Å². The molecule has 0 unspecified atom stereocenters. The van der Waals surface area contributed by atoms with Crippen molar-refractivity contribution in [3.05, 3.63) is 187 Å². The number of nitrogens with zero attached hydrogens (tertiary/aromatic N) is 16. The smallest absolute Gasteiger partial charge is 0.360 e. The Balaban J connectivity index is 0.000000145. The van der Waals surface area contributed by atoms with E-state index in [0.29, 0.717) is 55.4 Å². The Morgan fingerprint density at radius 1 is 0.402 bits per heavy atom. The molecule has 0 amide bonds. The second-order valence-corrected chi connectivity index (χ2v) is 21.2. The largest absolute Gasteiger partial charge is 0.464 e. The van der Waals surface area contributed by atoms with Crippen LogP contribution in [0.1, 0.15) is 114 Å². The van der Waals surface area contributed by atoms with Gasteiger partial charge in [-0.3, -0.25) is 0 Å². The van der Waals surface area contributed by atoms with Gasteiger partial charge in [-0.2, -0.15) is 20.4 Å². The van der Waals surface area contributed by atoms with Crippen LogP contribution in [0.4, 0.5) is 4.39 Å². The highest BCUT2D eigenvalue weighted by Gasteiger charge is 2.25. The fourth-order valence-electron chi connectivity index (χ4n) is 9.87. The van der Waals surface area contributed by atoms with Crippen LogP contribution in [0.5, 0.6) is 0 Å². The van der Waals surface area contributed by atoms with Gasteiger partial charge < -0.3 is 24.1 Å². The van der Waals surface area contributed by atoms with Crippen molar-refractivity contribution in [2.45, 2.75) is 82.8 Å². The van der Waals surface area contributed by atoms with Crippen molar-refractivity contribution in [1.82, 2.24) is 79.2 Å². The van der Waals surface area contributed by atoms with Crippen LogP contribution in [0.2, 0.25) is 10.0 Å². The average molecular weight is 1290 g/mol. The van der Waals surface area contributed by atoms with Crippen molar-refractivity contribution in [3.8, 4) is 44.5 Å². The lowest BCUT2D eigenvalue weighted by molar-refractivity contribution is 0.0506. The van der Waals surface area contributed by atoms with Crippen LogP contribution in [0.25, 0.3) is 67.1 Å². The first-order chi connectivity index (χ1) is 44.1. The van der Waals surface area contributed by atoms with E-state index in [4.69, 9.17) is 47.3 Å². The van der Waals surface area contributed by atoms with Gasteiger partial charge >= 0.3 is 23.9 Å². The maximum Gasteiger partial charge on any atom is 0.360 e. The third kappa shape index (κ3) is 13.5. The predicted octanol–water partition coefficient (Wildman–Crippen LogP) is 10.9. The van der Waals surface area contributed by atoms with Crippen LogP contribution >= 0.6 is 23.2 Å². The molecule has 12 aromatic rings. The third-order valence-electron chi connectivity index (χ3n) is 14.4. The van der Waals surface area contributed by atoms with Crippen LogP contribution in [-0.2, 0) is 25.6 Å². The molecule has 25 nitrogen and oxygen atoms in total. The molecule has 12 rings (SSSR count). The Morgan fingerprint density at radius 2 is 0.652 bits per heavy atom. The molecule has 8 aromatic heterocycles. The summed E-state index contributed by atoms with van der Waals surface area (Å²) in [6, 6.07) is 28.5. The molecule has 4 aromatic carbocycles. The Morgan fingerprint density at radius 3 is 0.902 bits per heavy atom. The molecule has 0 saturated heterocycles. The number of aliphatic hydroxyl groups is 1. The number of ether oxygens (including phenoxy) is 4. The molecule has 0 aliphatic carbocycles. The number of esters is 4. The number of rotatable bonds is 12. The van der Waals surface area contributed by atoms with E-state index in [1.54, 1.807) is 78.7 Å². The van der Waals surface area contributed by atoms with Gasteiger partial charge in [0.1, 0.15) is 5.82 Å². The van der Waals surface area contributed by atoms with Gasteiger partial charge in [0.2, 0.25) is 0 Å². The highest BCUT2D eigenvalue weighted by atomic mass is 35.5. The summed E-state index contributed by atoms with van der Waals surface area (Å²) in [5.41, 5.74) is 16.1. The van der Waals surface area contributed by atoms with Crippen molar-refractivity contribution in [3.63, 3.8) is 0 Å². The Hall–Kier alpha value is -10.6. The Bertz CT molecular complexity index is 4600. The standard InChI is InChI=1S/C17H18N4O3.C16H15ClN4O2.C16H15FN4O2.C15H13ClN4O2/c1-4-24-17(23)15-11(3)21-16(19-18-15)14(10(2)20-21)13-7-5-12(9-22)6-8-13;2*1-4-23-16(22)14-10(3)21-15(19-18-14)13(9(2)20-21)11-5-7-12(17)8-6-11;1-8-12(10-4-6-11(16)7-5-10)14-18-17-13(15(21)22-3)9(2)20(14)19-8/h5-8,22H,4,9H2,1-3H3;2*5-8H,4H2,1-3H3;4-7H,1-3H3. The van der Waals surface area contributed by atoms with E-state index >= 15 is 0 Å². The quantitative estimate of drug-likeness (QED) is 0.0878. The topological polar surface area (TPSA) is 298 Å². The van der Waals surface area contributed by atoms with Gasteiger partial charge in [-0.05, 0) is 140 Å². The highest BCUT2D eigenvalue weighted by molar-refractivity contribution is 6.31. The summed E-state index contributed by atoms with van der Waals surface area (Å²) >= 11 is 11.9. The lowest BCUT2D eigenvalue weighted by Crippen LogP contribution is -2.14. The summed E-state index contributed by atoms with van der Waals surface area (Å²) < 4.78 is 39.2. The van der Waals surface area contributed by atoms with Crippen LogP contribution in [-0.4, -0.2) is 135 Å². The van der Waals surface area contributed by atoms with E-state index < -0.39 is 23.9 Å². The van der Waals surface area contributed by atoms with Crippen molar-refractivity contribution < 1.29 is 47.6 Å². The minimum Gasteiger partial charge on any atom is -0.464 e. The van der Waals surface area contributed by atoms with Crippen molar-refractivity contribution in [2.75, 3.05) is 26.9 Å². The number of hydrogen-bond donors (Lipinski definition) is 1. The van der Waals surface area contributed by atoms with E-state index in [2.05, 4.69) is 61.2 Å². The first kappa shape index (κ1) is 65.9. The lowest BCUT2D eigenvalue weighted by atomic mass is 10.0. The number of benzene rings is 4. The van der Waals surface area contributed by atoms with E-state index in [0.717, 1.165) is 72.8 Å². The molecule has 0 atom stereocenters. The van der Waals surface area contributed by atoms with Crippen molar-refractivity contribution in [2.24, 2.45) is 0 Å². The minimum atomic E-state index is -0.534. The molecule has 8 heterocycles. The molecule has 0 fully saturated rings. The zero-order chi connectivity index (χ0) is 66.2. The monoisotopic (exact) mass is 1290 g/mol. The fraction of sp³-hybridized carbons (Fsp3) is 0.250. The van der Waals surface area contributed by atoms with Gasteiger partial charge in [0.05, 0.1) is 101 Å². The predicted molar refractivity (Wildman–Crippen MR) is 338 cm³/mol. The van der Waals surface area contributed by atoms with Gasteiger partial charge in [0.25, 0.3) is 0 Å². The average Bonchev–Trinajstić information content (AvgIpc) is 1.64. The lowest BCUT2D eigenvalue weighted by Gasteiger charge is -2.06. The molecule has 1 N–H and O–H groups in total. The summed E-state index contributed by atoms with van der Waals surface area (Å²) in [6.07, 6.45) is 0. The number of methoxy groups -OCH3 is 1. The summed E-state index contributed by atoms with van der Waals surface area (Å²) in [6.45, 7) is 20.5. The van der Waals surface area contributed by atoms with Crippen molar-refractivity contribution in [1.29, 1.82) is 0 Å². The number of fused-ring (bicyclic) bond motifs is 4. The van der Waals surface area contributed by atoms with Crippen LogP contribution in [0, 0.1) is 61.2 Å². The second kappa shape index (κ2) is 28.5. The molecular weight excluding hydrogens is 1230 g/mol. The minimum absolute atomic E-state index is 0.00413. The van der Waals surface area contributed by atoms with Crippen molar-refractivity contribution >= 4 is 69.7 Å². The van der Waals surface area contributed by atoms with Gasteiger partial charge in [0, 0.05) is 10.0 Å². The fourth-order valence-corrected chi connectivity index (χ4v) is 10.1. The molecule has 92 heavy (non-hydrogen) atoms. The molecule has 0 radical (unpaired) electrons. The SMILES string of the molecule is CCOC(=O)c1nnc2c(-c3ccc(CO)cc3)c(C)nn2c1C.CCOC(=O)c1nnc2c(-c3ccc(Cl)cc3)c(C)nn2c1C.CCOC(=O)c1nnc2c(-c3ccc(F)cc3)c(C)nn2c1C.COC(=O)c1nnc2c(-c3ccc(Cl)cc3)c(C)nn2c1C. The number of carbonyl (C=O) groups is 4. The molecule has 28 heteroatoms. The maximum absolute atomic E-state index is 13.1. The molecule has 0 aliphatic rings. The van der Waals surface area contributed by atoms with Crippen LogP contribution in [0.3, 0.4) is 0 Å². The van der Waals surface area contributed by atoms with Crippen LogP contribution in [0.15, 0.2) is 97.1 Å². The number of aryl methyl sites for hydroxylation is 8. The molecule has 472 valence electrons. The Kier molecular flexibility index (Phi) is 20.4. The normalized spacial score (nSPS) is 11.0. The zero-order valence-corrected chi connectivity index (χ0v) is 53.6.